The Morgan fingerprint density at radius 3 is 2.77 bits per heavy atom. The van der Waals surface area contributed by atoms with Crippen LogP contribution in [0.2, 0.25) is 0 Å². The number of nitrogens with zero attached hydrogens (tertiary/aromatic N) is 3. The third-order valence-electron chi connectivity index (χ3n) is 4.47. The Morgan fingerprint density at radius 2 is 2.09 bits per heavy atom. The molecule has 4 heteroatoms. The quantitative estimate of drug-likeness (QED) is 0.870. The predicted molar refractivity (Wildman–Crippen MR) is 86.8 cm³/mol. The Morgan fingerprint density at radius 1 is 1.32 bits per heavy atom. The van der Waals surface area contributed by atoms with Gasteiger partial charge in [0.25, 0.3) is 5.91 Å². The molecular formula is C18H23N3O. The van der Waals surface area contributed by atoms with Crippen LogP contribution in [0.25, 0.3) is 0 Å². The Labute approximate surface area is 131 Å². The van der Waals surface area contributed by atoms with Crippen molar-refractivity contribution in [1.29, 1.82) is 0 Å². The molecule has 1 aliphatic rings. The third-order valence-corrected chi connectivity index (χ3v) is 4.47. The van der Waals surface area contributed by atoms with Crippen molar-refractivity contribution >= 4 is 5.91 Å². The fourth-order valence-corrected chi connectivity index (χ4v) is 3.34. The van der Waals surface area contributed by atoms with Crippen molar-refractivity contribution in [3.8, 4) is 0 Å². The number of carbonyl (C=O) groups is 1. The largest absolute Gasteiger partial charge is 0.334 e. The van der Waals surface area contributed by atoms with Crippen LogP contribution in [0.5, 0.6) is 0 Å². The van der Waals surface area contributed by atoms with E-state index in [1.54, 1.807) is 4.68 Å². The summed E-state index contributed by atoms with van der Waals surface area (Å²) in [6, 6.07) is 12.7. The Kier molecular flexibility index (Phi) is 4.27. The van der Waals surface area contributed by atoms with Crippen LogP contribution in [0.1, 0.15) is 41.0 Å². The number of carbonyl (C=O) groups excluding carboxylic acids is 1. The van der Waals surface area contributed by atoms with E-state index in [9.17, 15) is 4.79 Å². The van der Waals surface area contributed by atoms with Crippen LogP contribution in [0.3, 0.4) is 0 Å². The van der Waals surface area contributed by atoms with E-state index in [0.29, 0.717) is 11.7 Å². The number of aromatic nitrogens is 2. The smallest absolute Gasteiger partial charge is 0.272 e. The zero-order valence-corrected chi connectivity index (χ0v) is 13.3. The number of likely N-dealkylation sites (tertiary alicyclic amines) is 1. The molecule has 3 rings (SSSR count). The summed E-state index contributed by atoms with van der Waals surface area (Å²) < 4.78 is 1.70. The van der Waals surface area contributed by atoms with Crippen molar-refractivity contribution in [1.82, 2.24) is 14.7 Å². The lowest BCUT2D eigenvalue weighted by Crippen LogP contribution is -2.36. The van der Waals surface area contributed by atoms with E-state index in [2.05, 4.69) is 29.4 Å². The summed E-state index contributed by atoms with van der Waals surface area (Å²) in [4.78, 5) is 14.8. The average molecular weight is 297 g/mol. The number of hydrogen-bond donors (Lipinski definition) is 0. The Bertz CT molecular complexity index is 648. The first-order valence-electron chi connectivity index (χ1n) is 8.00. The zero-order valence-electron chi connectivity index (χ0n) is 13.3. The van der Waals surface area contributed by atoms with Crippen molar-refractivity contribution in [2.45, 2.75) is 38.6 Å². The number of benzene rings is 1. The molecule has 1 aromatic carbocycles. The molecule has 0 bridgehead atoms. The van der Waals surface area contributed by atoms with Gasteiger partial charge in [-0.2, -0.15) is 5.10 Å². The summed E-state index contributed by atoms with van der Waals surface area (Å²) in [5, 5.41) is 4.29. The molecule has 0 unspecified atom stereocenters. The first kappa shape index (κ1) is 14.8. The van der Waals surface area contributed by atoms with Crippen molar-refractivity contribution in [3.63, 3.8) is 0 Å². The maximum Gasteiger partial charge on any atom is 0.272 e. The Hall–Kier alpha value is -2.10. The molecule has 0 saturated carbocycles. The maximum atomic E-state index is 12.8. The van der Waals surface area contributed by atoms with Gasteiger partial charge in [-0.1, -0.05) is 30.3 Å². The van der Waals surface area contributed by atoms with Crippen molar-refractivity contribution in [2.24, 2.45) is 7.05 Å². The molecule has 2 aromatic rings. The van der Waals surface area contributed by atoms with Crippen molar-refractivity contribution in [2.75, 3.05) is 6.54 Å². The minimum atomic E-state index is 0.124. The molecule has 0 radical (unpaired) electrons. The highest BCUT2D eigenvalue weighted by atomic mass is 16.2. The number of rotatable bonds is 4. The van der Waals surface area contributed by atoms with Crippen molar-refractivity contribution < 1.29 is 4.79 Å². The van der Waals surface area contributed by atoms with Crippen LogP contribution < -0.4 is 0 Å². The number of aryl methyl sites for hydroxylation is 3. The highest BCUT2D eigenvalue weighted by molar-refractivity contribution is 5.93. The monoisotopic (exact) mass is 297 g/mol. The fraction of sp³-hybridized carbons (Fsp3) is 0.444. The minimum Gasteiger partial charge on any atom is -0.334 e. The second-order valence-electron chi connectivity index (χ2n) is 6.11. The maximum absolute atomic E-state index is 12.8. The molecule has 0 aliphatic carbocycles. The molecule has 2 heterocycles. The highest BCUT2D eigenvalue weighted by Gasteiger charge is 2.30. The molecule has 1 aromatic heterocycles. The van der Waals surface area contributed by atoms with Gasteiger partial charge >= 0.3 is 0 Å². The zero-order chi connectivity index (χ0) is 15.5. The summed E-state index contributed by atoms with van der Waals surface area (Å²) in [5.74, 6) is 0.124. The standard InChI is InChI=1S/C18H23N3O/c1-14-13-17(20(2)19-14)18(22)21-12-6-9-16(21)11-10-15-7-4-3-5-8-15/h3-5,7-8,13,16H,6,9-12H2,1-2H3/t16-/m0/s1. The molecule has 1 saturated heterocycles. The molecule has 1 fully saturated rings. The molecule has 1 amide bonds. The summed E-state index contributed by atoms with van der Waals surface area (Å²) in [5.41, 5.74) is 2.94. The SMILES string of the molecule is Cc1cc(C(=O)N2CCC[C@H]2CCc2ccccc2)n(C)n1. The third kappa shape index (κ3) is 3.06. The first-order valence-corrected chi connectivity index (χ1v) is 8.00. The summed E-state index contributed by atoms with van der Waals surface area (Å²) in [6.07, 6.45) is 4.27. The lowest BCUT2D eigenvalue weighted by Gasteiger charge is -2.24. The summed E-state index contributed by atoms with van der Waals surface area (Å²) in [6.45, 7) is 2.79. The normalized spacial score (nSPS) is 17.9. The van der Waals surface area contributed by atoms with Crippen LogP contribution in [-0.2, 0) is 13.5 Å². The highest BCUT2D eigenvalue weighted by Crippen LogP contribution is 2.24. The van der Waals surface area contributed by atoms with Gasteiger partial charge in [-0.05, 0) is 44.2 Å². The van der Waals surface area contributed by atoms with Crippen molar-refractivity contribution in [3.05, 3.63) is 53.3 Å². The summed E-state index contributed by atoms with van der Waals surface area (Å²) in [7, 11) is 1.84. The van der Waals surface area contributed by atoms with Gasteiger partial charge in [-0.3, -0.25) is 9.48 Å². The molecule has 116 valence electrons. The molecule has 0 spiro atoms. The van der Waals surface area contributed by atoms with Gasteiger partial charge in [0.1, 0.15) is 5.69 Å². The van der Waals surface area contributed by atoms with Gasteiger partial charge in [0.05, 0.1) is 5.69 Å². The van der Waals surface area contributed by atoms with Crippen LogP contribution in [0.15, 0.2) is 36.4 Å². The van der Waals surface area contributed by atoms with Gasteiger partial charge in [-0.15, -0.1) is 0 Å². The van der Waals surface area contributed by atoms with E-state index < -0.39 is 0 Å². The molecule has 22 heavy (non-hydrogen) atoms. The molecular weight excluding hydrogens is 274 g/mol. The second kappa shape index (κ2) is 6.34. The molecule has 1 aliphatic heterocycles. The molecule has 0 N–H and O–H groups in total. The van der Waals surface area contributed by atoms with E-state index in [4.69, 9.17) is 0 Å². The van der Waals surface area contributed by atoms with Crippen LogP contribution >= 0.6 is 0 Å². The summed E-state index contributed by atoms with van der Waals surface area (Å²) >= 11 is 0. The minimum absolute atomic E-state index is 0.124. The van der Waals surface area contributed by atoms with Gasteiger partial charge in [0, 0.05) is 19.6 Å². The second-order valence-corrected chi connectivity index (χ2v) is 6.11. The van der Waals surface area contributed by atoms with Gasteiger partial charge < -0.3 is 4.90 Å². The Balaban J connectivity index is 1.68. The van der Waals surface area contributed by atoms with E-state index >= 15 is 0 Å². The van der Waals surface area contributed by atoms with Gasteiger partial charge in [0.15, 0.2) is 0 Å². The molecule has 1 atom stereocenters. The van der Waals surface area contributed by atoms with Crippen LogP contribution in [0.4, 0.5) is 0 Å². The van der Waals surface area contributed by atoms with E-state index in [1.165, 1.54) is 5.56 Å². The van der Waals surface area contributed by atoms with Crippen LogP contribution in [-0.4, -0.2) is 33.2 Å². The molecule has 4 nitrogen and oxygen atoms in total. The van der Waals surface area contributed by atoms with E-state index in [1.807, 2.05) is 31.0 Å². The lowest BCUT2D eigenvalue weighted by atomic mass is 10.0. The average Bonchev–Trinajstić information content (AvgIpc) is 3.11. The van der Waals surface area contributed by atoms with Gasteiger partial charge in [0.2, 0.25) is 0 Å². The number of hydrogen-bond acceptors (Lipinski definition) is 2. The van der Waals surface area contributed by atoms with Crippen LogP contribution in [0, 0.1) is 6.92 Å². The van der Waals surface area contributed by atoms with E-state index in [-0.39, 0.29) is 5.91 Å². The van der Waals surface area contributed by atoms with E-state index in [0.717, 1.165) is 37.9 Å². The fourth-order valence-electron chi connectivity index (χ4n) is 3.34. The lowest BCUT2D eigenvalue weighted by molar-refractivity contribution is 0.0719. The first-order chi connectivity index (χ1) is 10.6. The predicted octanol–water partition coefficient (Wildman–Crippen LogP) is 2.97. The topological polar surface area (TPSA) is 38.1 Å². The van der Waals surface area contributed by atoms with Gasteiger partial charge in [-0.25, -0.2) is 0 Å². The number of amides is 1.